The quantitative estimate of drug-likeness (QED) is 0.749. The molecule has 0 bridgehead atoms. The Morgan fingerprint density at radius 1 is 1.35 bits per heavy atom. The van der Waals surface area contributed by atoms with Crippen molar-refractivity contribution in [2.24, 2.45) is 0 Å². The molecule has 0 saturated heterocycles. The van der Waals surface area contributed by atoms with Crippen LogP contribution in [0.2, 0.25) is 0 Å². The molecule has 0 aromatic heterocycles. The number of benzene rings is 1. The van der Waals surface area contributed by atoms with E-state index in [1.807, 2.05) is 13.8 Å². The van der Waals surface area contributed by atoms with E-state index in [1.54, 1.807) is 0 Å². The van der Waals surface area contributed by atoms with Crippen molar-refractivity contribution in [3.05, 3.63) is 29.6 Å². The van der Waals surface area contributed by atoms with Gasteiger partial charge in [0.05, 0.1) is 11.3 Å². The van der Waals surface area contributed by atoms with Gasteiger partial charge in [0.2, 0.25) is 0 Å². The number of aromatic carboxylic acids is 1. The zero-order chi connectivity index (χ0) is 15.1. The number of carbonyl (C=O) groups excluding carboxylic acids is 1. The molecule has 1 aromatic carbocycles. The second kappa shape index (κ2) is 7.47. The number of carboxylic acid groups (broad SMARTS) is 1. The molecule has 1 aromatic rings. The van der Waals surface area contributed by atoms with Crippen LogP contribution in [0.25, 0.3) is 0 Å². The number of carboxylic acids is 1. The fourth-order valence-corrected chi connectivity index (χ4v) is 1.82. The topological polar surface area (TPSA) is 78.4 Å². The van der Waals surface area contributed by atoms with E-state index in [9.17, 15) is 14.0 Å². The van der Waals surface area contributed by atoms with Crippen LogP contribution in [0.15, 0.2) is 18.2 Å². The minimum Gasteiger partial charge on any atom is -0.478 e. The Labute approximate surface area is 117 Å². The van der Waals surface area contributed by atoms with Gasteiger partial charge >= 0.3 is 12.0 Å². The van der Waals surface area contributed by atoms with Crippen LogP contribution >= 0.6 is 0 Å². The molecule has 110 valence electrons. The van der Waals surface area contributed by atoms with Crippen LogP contribution in [0.1, 0.15) is 43.5 Å². The largest absolute Gasteiger partial charge is 0.478 e. The summed E-state index contributed by atoms with van der Waals surface area (Å²) < 4.78 is 13.6. The highest BCUT2D eigenvalue weighted by atomic mass is 19.1. The van der Waals surface area contributed by atoms with Gasteiger partial charge < -0.3 is 15.7 Å². The van der Waals surface area contributed by atoms with Gasteiger partial charge in [-0.1, -0.05) is 20.3 Å². The van der Waals surface area contributed by atoms with E-state index in [-0.39, 0.29) is 17.3 Å². The highest BCUT2D eigenvalue weighted by Gasteiger charge is 2.13. The van der Waals surface area contributed by atoms with Crippen molar-refractivity contribution in [2.75, 3.05) is 5.32 Å². The maximum Gasteiger partial charge on any atom is 0.335 e. The summed E-state index contributed by atoms with van der Waals surface area (Å²) in [4.78, 5) is 22.4. The van der Waals surface area contributed by atoms with Crippen molar-refractivity contribution in [3.63, 3.8) is 0 Å². The number of amides is 2. The number of hydrogen-bond donors (Lipinski definition) is 3. The van der Waals surface area contributed by atoms with E-state index < -0.39 is 17.8 Å². The highest BCUT2D eigenvalue weighted by molar-refractivity contribution is 5.91. The van der Waals surface area contributed by atoms with Gasteiger partial charge in [0, 0.05) is 6.04 Å². The summed E-state index contributed by atoms with van der Waals surface area (Å²) >= 11 is 0. The first-order valence-corrected chi connectivity index (χ1v) is 6.58. The molecule has 0 fully saturated rings. The van der Waals surface area contributed by atoms with Crippen molar-refractivity contribution < 1.29 is 19.1 Å². The Morgan fingerprint density at radius 2 is 2.05 bits per heavy atom. The first kappa shape index (κ1) is 15.9. The van der Waals surface area contributed by atoms with Gasteiger partial charge in [-0.25, -0.2) is 14.0 Å². The lowest BCUT2D eigenvalue weighted by Crippen LogP contribution is -2.37. The van der Waals surface area contributed by atoms with E-state index in [0.717, 1.165) is 25.3 Å². The summed E-state index contributed by atoms with van der Waals surface area (Å²) in [6.45, 7) is 3.98. The molecule has 1 atom stereocenters. The van der Waals surface area contributed by atoms with Crippen molar-refractivity contribution >= 4 is 17.7 Å². The fourth-order valence-electron chi connectivity index (χ4n) is 1.82. The van der Waals surface area contributed by atoms with Crippen molar-refractivity contribution in [2.45, 2.75) is 39.2 Å². The molecular formula is C14H19FN2O3. The normalized spacial score (nSPS) is 11.8. The summed E-state index contributed by atoms with van der Waals surface area (Å²) in [6, 6.07) is 2.90. The zero-order valence-electron chi connectivity index (χ0n) is 11.6. The average Bonchev–Trinajstić information content (AvgIpc) is 2.40. The monoisotopic (exact) mass is 282 g/mol. The molecule has 0 aliphatic heterocycles. The Morgan fingerprint density at radius 3 is 2.55 bits per heavy atom. The van der Waals surface area contributed by atoms with Gasteiger partial charge in [0.15, 0.2) is 0 Å². The number of halogens is 1. The van der Waals surface area contributed by atoms with Gasteiger partial charge in [-0.3, -0.25) is 0 Å². The van der Waals surface area contributed by atoms with Crippen LogP contribution in [0, 0.1) is 5.82 Å². The smallest absolute Gasteiger partial charge is 0.335 e. The Balaban J connectivity index is 2.68. The number of rotatable bonds is 6. The molecule has 0 heterocycles. The van der Waals surface area contributed by atoms with Crippen LogP contribution in [-0.4, -0.2) is 23.1 Å². The molecule has 1 unspecified atom stereocenters. The van der Waals surface area contributed by atoms with E-state index >= 15 is 0 Å². The Hall–Kier alpha value is -2.11. The van der Waals surface area contributed by atoms with Crippen LogP contribution in [0.4, 0.5) is 14.9 Å². The second-order valence-electron chi connectivity index (χ2n) is 4.49. The molecule has 0 aliphatic carbocycles. The molecule has 0 saturated carbocycles. The predicted octanol–water partition coefficient (Wildman–Crippen LogP) is 3.22. The van der Waals surface area contributed by atoms with E-state index in [1.165, 1.54) is 12.1 Å². The predicted molar refractivity (Wildman–Crippen MR) is 74.5 cm³/mol. The van der Waals surface area contributed by atoms with Crippen molar-refractivity contribution in [1.29, 1.82) is 0 Å². The van der Waals surface area contributed by atoms with Gasteiger partial charge in [-0.05, 0) is 31.0 Å². The van der Waals surface area contributed by atoms with Crippen LogP contribution in [0.3, 0.4) is 0 Å². The third kappa shape index (κ3) is 4.53. The molecule has 2 amide bonds. The number of hydrogen-bond acceptors (Lipinski definition) is 2. The minimum atomic E-state index is -1.21. The molecule has 0 spiro atoms. The van der Waals surface area contributed by atoms with E-state index in [0.29, 0.717) is 0 Å². The summed E-state index contributed by atoms with van der Waals surface area (Å²) in [6.07, 6.45) is 2.59. The molecule has 3 N–H and O–H groups in total. The molecule has 5 nitrogen and oxygen atoms in total. The zero-order valence-corrected chi connectivity index (χ0v) is 11.6. The molecular weight excluding hydrogens is 263 g/mol. The van der Waals surface area contributed by atoms with Crippen molar-refractivity contribution in [3.8, 4) is 0 Å². The van der Waals surface area contributed by atoms with Gasteiger partial charge in [-0.2, -0.15) is 0 Å². The summed E-state index contributed by atoms with van der Waals surface area (Å²) in [5, 5.41) is 13.9. The molecule has 6 heteroatoms. The number of nitrogens with one attached hydrogen (secondary N) is 2. The van der Waals surface area contributed by atoms with E-state index in [2.05, 4.69) is 10.6 Å². The lowest BCUT2D eigenvalue weighted by Gasteiger charge is -2.16. The molecule has 0 aliphatic rings. The van der Waals surface area contributed by atoms with Gasteiger partial charge in [0.25, 0.3) is 0 Å². The average molecular weight is 282 g/mol. The summed E-state index contributed by atoms with van der Waals surface area (Å²) in [7, 11) is 0. The van der Waals surface area contributed by atoms with E-state index in [4.69, 9.17) is 5.11 Å². The summed E-state index contributed by atoms with van der Waals surface area (Å²) in [5.41, 5.74) is -0.204. The number of anilines is 1. The maximum atomic E-state index is 13.6. The minimum absolute atomic E-state index is 0.0427. The lowest BCUT2D eigenvalue weighted by atomic mass is 10.1. The number of urea groups is 1. The third-order valence-electron chi connectivity index (χ3n) is 2.93. The number of carbonyl (C=O) groups is 2. The first-order valence-electron chi connectivity index (χ1n) is 6.58. The molecule has 20 heavy (non-hydrogen) atoms. The Kier molecular flexibility index (Phi) is 5.96. The van der Waals surface area contributed by atoms with Crippen LogP contribution in [0.5, 0.6) is 0 Å². The van der Waals surface area contributed by atoms with Crippen LogP contribution < -0.4 is 10.6 Å². The van der Waals surface area contributed by atoms with Crippen LogP contribution in [-0.2, 0) is 0 Å². The summed E-state index contributed by atoms with van der Waals surface area (Å²) in [5.74, 6) is -1.99. The molecule has 0 radical (unpaired) electrons. The fraction of sp³-hybridized carbons (Fsp3) is 0.429. The highest BCUT2D eigenvalue weighted by Crippen LogP contribution is 2.16. The molecule has 1 rings (SSSR count). The van der Waals surface area contributed by atoms with Gasteiger partial charge in [0.1, 0.15) is 5.82 Å². The standard InChI is InChI=1S/C14H19FN2O3/c1-3-5-10(4-2)16-14(20)17-12-7-6-9(13(18)19)8-11(12)15/h6-8,10H,3-5H2,1-2H3,(H,18,19)(H2,16,17,20). The second-order valence-corrected chi connectivity index (χ2v) is 4.49. The van der Waals surface area contributed by atoms with Gasteiger partial charge in [-0.15, -0.1) is 0 Å². The third-order valence-corrected chi connectivity index (χ3v) is 2.93. The van der Waals surface area contributed by atoms with Crippen molar-refractivity contribution in [1.82, 2.24) is 5.32 Å². The first-order chi connectivity index (χ1) is 9.47. The Bertz CT molecular complexity index is 491. The lowest BCUT2D eigenvalue weighted by molar-refractivity contribution is 0.0696. The SMILES string of the molecule is CCCC(CC)NC(=O)Nc1ccc(C(=O)O)cc1F. The maximum absolute atomic E-state index is 13.6.